The fourth-order valence-corrected chi connectivity index (χ4v) is 4.62. The smallest absolute Gasteiger partial charge is 0.272 e. The molecule has 0 radical (unpaired) electrons. The van der Waals surface area contributed by atoms with Crippen LogP contribution in [0, 0.1) is 0 Å². The van der Waals surface area contributed by atoms with Crippen molar-refractivity contribution >= 4 is 33.7 Å². The Morgan fingerprint density at radius 1 is 1.26 bits per heavy atom. The van der Waals surface area contributed by atoms with Crippen LogP contribution in [0.25, 0.3) is 0 Å². The molecule has 9 heteroatoms. The van der Waals surface area contributed by atoms with E-state index in [4.69, 9.17) is 0 Å². The molecular formula is C22H26BrN5O3. The van der Waals surface area contributed by atoms with E-state index >= 15 is 0 Å². The molecule has 1 aromatic carbocycles. The maximum absolute atomic E-state index is 13.0. The number of rotatable bonds is 5. The lowest BCUT2D eigenvalue weighted by Crippen LogP contribution is -2.63. The van der Waals surface area contributed by atoms with Gasteiger partial charge in [0.2, 0.25) is 5.91 Å². The number of carbonyl (C=O) groups is 3. The number of nitrogens with zero attached hydrogens (tertiary/aromatic N) is 3. The van der Waals surface area contributed by atoms with Crippen LogP contribution in [-0.2, 0) is 17.9 Å². The van der Waals surface area contributed by atoms with E-state index < -0.39 is 5.54 Å². The molecule has 2 aromatic rings. The van der Waals surface area contributed by atoms with Gasteiger partial charge in [0.1, 0.15) is 11.2 Å². The summed E-state index contributed by atoms with van der Waals surface area (Å²) in [7, 11) is 1.63. The van der Waals surface area contributed by atoms with Crippen LogP contribution in [0.15, 0.2) is 34.8 Å². The summed E-state index contributed by atoms with van der Waals surface area (Å²) in [6.07, 6.45) is 4.15. The van der Waals surface area contributed by atoms with E-state index in [9.17, 15) is 14.4 Å². The Hall–Kier alpha value is -2.68. The summed E-state index contributed by atoms with van der Waals surface area (Å²) in [6.45, 7) is 2.28. The number of nitrogens with one attached hydrogen (secondary N) is 2. The number of halogens is 1. The largest absolute Gasteiger partial charge is 0.351 e. The van der Waals surface area contributed by atoms with Gasteiger partial charge in [-0.2, -0.15) is 5.10 Å². The fraction of sp³-hybridized carbons (Fsp3) is 0.455. The topological polar surface area (TPSA) is 96.3 Å². The molecule has 2 N–H and O–H groups in total. The standard InChI is InChI=1S/C22H26BrN5O3/c1-22(21(31)25-16-8-3-4-9-16)13-28-18(20(30)27(22)2)11-17(26-28)19(29)24-12-14-6-5-7-15(23)10-14/h5-7,10-11,16H,3-4,8-9,12-13H2,1-2H3,(H,24,29)(H,25,31)/t22-/m0/s1. The third-order valence-electron chi connectivity index (χ3n) is 6.26. The molecule has 1 aromatic heterocycles. The second-order valence-electron chi connectivity index (χ2n) is 8.48. The van der Waals surface area contributed by atoms with Gasteiger partial charge in [-0.3, -0.25) is 19.1 Å². The maximum atomic E-state index is 13.0. The van der Waals surface area contributed by atoms with Crippen LogP contribution >= 0.6 is 15.9 Å². The quantitative estimate of drug-likeness (QED) is 0.676. The molecule has 4 rings (SSSR count). The Balaban J connectivity index is 1.49. The summed E-state index contributed by atoms with van der Waals surface area (Å²) in [5.74, 6) is -0.875. The van der Waals surface area contributed by atoms with Gasteiger partial charge < -0.3 is 15.5 Å². The van der Waals surface area contributed by atoms with Crippen LogP contribution in [0.2, 0.25) is 0 Å². The summed E-state index contributed by atoms with van der Waals surface area (Å²) in [5.41, 5.74) is 0.343. The van der Waals surface area contributed by atoms with Crippen LogP contribution in [0.4, 0.5) is 0 Å². The van der Waals surface area contributed by atoms with Crippen LogP contribution in [0.1, 0.15) is 59.1 Å². The predicted molar refractivity (Wildman–Crippen MR) is 118 cm³/mol. The number of benzene rings is 1. The van der Waals surface area contributed by atoms with Crippen LogP contribution < -0.4 is 10.6 Å². The van der Waals surface area contributed by atoms with Crippen LogP contribution in [-0.4, -0.2) is 51.0 Å². The Morgan fingerprint density at radius 2 is 2.00 bits per heavy atom. The maximum Gasteiger partial charge on any atom is 0.272 e. The lowest BCUT2D eigenvalue weighted by molar-refractivity contribution is -0.133. The minimum atomic E-state index is -1.07. The molecule has 2 aliphatic rings. The van der Waals surface area contributed by atoms with Gasteiger partial charge in [-0.05, 0) is 37.5 Å². The molecule has 2 heterocycles. The van der Waals surface area contributed by atoms with E-state index in [0.717, 1.165) is 35.7 Å². The second kappa shape index (κ2) is 8.45. The molecule has 3 amide bonds. The first kappa shape index (κ1) is 21.5. The third-order valence-corrected chi connectivity index (χ3v) is 6.75. The van der Waals surface area contributed by atoms with Crippen molar-refractivity contribution in [2.75, 3.05) is 7.05 Å². The highest BCUT2D eigenvalue weighted by atomic mass is 79.9. The zero-order valence-electron chi connectivity index (χ0n) is 17.7. The third kappa shape index (κ3) is 4.23. The molecule has 1 saturated carbocycles. The Labute approximate surface area is 189 Å². The Bertz CT molecular complexity index is 1030. The molecule has 1 aliphatic heterocycles. The van der Waals surface area contributed by atoms with Gasteiger partial charge in [0.25, 0.3) is 11.8 Å². The van der Waals surface area contributed by atoms with Crippen molar-refractivity contribution in [3.8, 4) is 0 Å². The van der Waals surface area contributed by atoms with E-state index in [-0.39, 0.29) is 36.0 Å². The minimum absolute atomic E-state index is 0.159. The highest BCUT2D eigenvalue weighted by Gasteiger charge is 2.46. The average Bonchev–Trinajstić information content (AvgIpc) is 3.40. The number of hydrogen-bond acceptors (Lipinski definition) is 4. The van der Waals surface area contributed by atoms with E-state index in [1.165, 1.54) is 15.6 Å². The van der Waals surface area contributed by atoms with Gasteiger partial charge in [0.15, 0.2) is 5.69 Å². The first-order valence-corrected chi connectivity index (χ1v) is 11.3. The number of amides is 3. The van der Waals surface area contributed by atoms with Gasteiger partial charge in [-0.25, -0.2) is 0 Å². The summed E-state index contributed by atoms with van der Waals surface area (Å²) < 4.78 is 2.41. The zero-order valence-corrected chi connectivity index (χ0v) is 19.2. The zero-order chi connectivity index (χ0) is 22.2. The molecule has 0 unspecified atom stereocenters. The van der Waals surface area contributed by atoms with Crippen molar-refractivity contribution in [2.24, 2.45) is 0 Å². The number of aromatic nitrogens is 2. The van der Waals surface area contributed by atoms with Crippen LogP contribution in [0.3, 0.4) is 0 Å². The number of carbonyl (C=O) groups excluding carboxylic acids is 3. The SMILES string of the molecule is CN1C(=O)c2cc(C(=O)NCc3cccc(Br)c3)nn2C[C@@]1(C)C(=O)NC1CCCC1. The van der Waals surface area contributed by atoms with Gasteiger partial charge in [-0.15, -0.1) is 0 Å². The normalized spacial score (nSPS) is 21.1. The molecular weight excluding hydrogens is 462 g/mol. The van der Waals surface area contributed by atoms with Gasteiger partial charge in [-0.1, -0.05) is 40.9 Å². The number of hydrogen-bond donors (Lipinski definition) is 2. The summed E-state index contributed by atoms with van der Waals surface area (Å²) in [4.78, 5) is 40.1. The van der Waals surface area contributed by atoms with Crippen molar-refractivity contribution in [1.82, 2.24) is 25.3 Å². The molecule has 31 heavy (non-hydrogen) atoms. The van der Waals surface area contributed by atoms with E-state index in [0.29, 0.717) is 12.2 Å². The van der Waals surface area contributed by atoms with Crippen LogP contribution in [0.5, 0.6) is 0 Å². The second-order valence-corrected chi connectivity index (χ2v) is 9.39. The number of likely N-dealkylation sites (N-methyl/N-ethyl adjacent to an activating group) is 1. The molecule has 0 bridgehead atoms. The van der Waals surface area contributed by atoms with Crippen molar-refractivity contribution < 1.29 is 14.4 Å². The molecule has 1 aliphatic carbocycles. The molecule has 0 spiro atoms. The van der Waals surface area contributed by atoms with Gasteiger partial charge in [0.05, 0.1) is 6.54 Å². The highest BCUT2D eigenvalue weighted by molar-refractivity contribution is 9.10. The van der Waals surface area contributed by atoms with E-state index in [1.54, 1.807) is 14.0 Å². The summed E-state index contributed by atoms with van der Waals surface area (Å²) in [5, 5.41) is 10.3. The first-order valence-electron chi connectivity index (χ1n) is 10.5. The molecule has 8 nitrogen and oxygen atoms in total. The fourth-order valence-electron chi connectivity index (χ4n) is 4.17. The summed E-state index contributed by atoms with van der Waals surface area (Å²) >= 11 is 3.41. The monoisotopic (exact) mass is 487 g/mol. The molecule has 1 fully saturated rings. The van der Waals surface area contributed by atoms with Crippen molar-refractivity contribution in [1.29, 1.82) is 0 Å². The predicted octanol–water partition coefficient (Wildman–Crippen LogP) is 2.48. The van der Waals surface area contributed by atoms with Gasteiger partial charge in [0, 0.05) is 30.2 Å². The lowest BCUT2D eigenvalue weighted by atomic mass is 9.95. The first-order chi connectivity index (χ1) is 14.8. The number of fused-ring (bicyclic) bond motifs is 1. The lowest BCUT2D eigenvalue weighted by Gasteiger charge is -2.41. The van der Waals surface area contributed by atoms with Crippen molar-refractivity contribution in [3.05, 3.63) is 51.8 Å². The molecule has 0 saturated heterocycles. The Kier molecular flexibility index (Phi) is 5.88. The highest BCUT2D eigenvalue weighted by Crippen LogP contribution is 2.27. The minimum Gasteiger partial charge on any atom is -0.351 e. The van der Waals surface area contributed by atoms with E-state index in [1.807, 2.05) is 24.3 Å². The average molecular weight is 488 g/mol. The van der Waals surface area contributed by atoms with Crippen molar-refractivity contribution in [2.45, 2.75) is 57.3 Å². The molecule has 164 valence electrons. The van der Waals surface area contributed by atoms with Crippen molar-refractivity contribution in [3.63, 3.8) is 0 Å². The summed E-state index contributed by atoms with van der Waals surface area (Å²) in [6, 6.07) is 9.29. The van der Waals surface area contributed by atoms with Gasteiger partial charge >= 0.3 is 0 Å². The van der Waals surface area contributed by atoms with E-state index in [2.05, 4.69) is 31.7 Å². The Morgan fingerprint density at radius 3 is 2.71 bits per heavy atom. The molecule has 1 atom stereocenters.